The molecule has 8 heteroatoms. The van der Waals surface area contributed by atoms with Crippen LogP contribution in [0.3, 0.4) is 0 Å². The SMILES string of the molecule is O=C(Nc1ccc(F)cc1)c1nnc(C2CCCN2C(=O)CCC2CCCC2)s1. The lowest BCUT2D eigenvalue weighted by atomic mass is 10.0. The van der Waals surface area contributed by atoms with Crippen LogP contribution in [0.4, 0.5) is 10.1 Å². The molecule has 2 aliphatic rings. The number of halogens is 1. The van der Waals surface area contributed by atoms with Crippen LogP contribution in [0.25, 0.3) is 0 Å². The number of carbonyl (C=O) groups excluding carboxylic acids is 2. The van der Waals surface area contributed by atoms with E-state index in [4.69, 9.17) is 0 Å². The number of benzene rings is 1. The van der Waals surface area contributed by atoms with E-state index in [2.05, 4.69) is 15.5 Å². The highest BCUT2D eigenvalue weighted by atomic mass is 32.1. The number of nitrogens with zero attached hydrogens (tertiary/aromatic N) is 3. The van der Waals surface area contributed by atoms with E-state index >= 15 is 0 Å². The highest BCUT2D eigenvalue weighted by Crippen LogP contribution is 2.35. The Morgan fingerprint density at radius 3 is 2.62 bits per heavy atom. The predicted octanol–water partition coefficient (Wildman–Crippen LogP) is 4.56. The van der Waals surface area contributed by atoms with Crippen LogP contribution in [-0.4, -0.2) is 33.5 Å². The van der Waals surface area contributed by atoms with Gasteiger partial charge >= 0.3 is 0 Å². The van der Waals surface area contributed by atoms with E-state index in [1.54, 1.807) is 0 Å². The summed E-state index contributed by atoms with van der Waals surface area (Å²) < 4.78 is 13.0. The zero-order valence-corrected chi connectivity index (χ0v) is 17.1. The van der Waals surface area contributed by atoms with Gasteiger partial charge < -0.3 is 10.2 Å². The Balaban J connectivity index is 1.37. The smallest absolute Gasteiger partial charge is 0.286 e. The first-order valence-corrected chi connectivity index (χ1v) is 11.1. The molecule has 154 valence electrons. The van der Waals surface area contributed by atoms with E-state index in [1.807, 2.05) is 4.90 Å². The van der Waals surface area contributed by atoms with Gasteiger partial charge in [-0.05, 0) is 49.4 Å². The number of aromatic nitrogens is 2. The minimum absolute atomic E-state index is 0.0871. The highest BCUT2D eigenvalue weighted by Gasteiger charge is 2.33. The molecule has 1 aliphatic heterocycles. The molecule has 1 aromatic heterocycles. The molecule has 1 saturated heterocycles. The van der Waals surface area contributed by atoms with Crippen molar-refractivity contribution in [2.75, 3.05) is 11.9 Å². The third kappa shape index (κ3) is 4.80. The summed E-state index contributed by atoms with van der Waals surface area (Å²) in [6, 6.07) is 5.48. The largest absolute Gasteiger partial charge is 0.333 e. The first-order chi connectivity index (χ1) is 14.1. The summed E-state index contributed by atoms with van der Waals surface area (Å²) in [4.78, 5) is 27.1. The van der Waals surface area contributed by atoms with Crippen LogP contribution in [-0.2, 0) is 4.79 Å². The molecule has 4 rings (SSSR count). The molecule has 29 heavy (non-hydrogen) atoms. The molecule has 2 heterocycles. The molecule has 1 N–H and O–H groups in total. The van der Waals surface area contributed by atoms with Crippen LogP contribution in [0.15, 0.2) is 24.3 Å². The summed E-state index contributed by atoms with van der Waals surface area (Å²) in [5.41, 5.74) is 0.498. The first kappa shape index (κ1) is 19.9. The maximum atomic E-state index is 13.0. The van der Waals surface area contributed by atoms with Gasteiger partial charge in [0.25, 0.3) is 5.91 Å². The summed E-state index contributed by atoms with van der Waals surface area (Å²) >= 11 is 1.22. The fourth-order valence-electron chi connectivity index (χ4n) is 4.27. The third-order valence-electron chi connectivity index (χ3n) is 5.84. The van der Waals surface area contributed by atoms with Crippen LogP contribution in [0, 0.1) is 11.7 Å². The quantitative estimate of drug-likeness (QED) is 0.749. The Hall–Kier alpha value is -2.35. The number of anilines is 1. The number of carbonyl (C=O) groups is 2. The first-order valence-electron chi connectivity index (χ1n) is 10.3. The van der Waals surface area contributed by atoms with Crippen molar-refractivity contribution < 1.29 is 14.0 Å². The molecular weight excluding hydrogens is 391 g/mol. The van der Waals surface area contributed by atoms with Gasteiger partial charge in [0.1, 0.15) is 10.8 Å². The molecule has 1 saturated carbocycles. The van der Waals surface area contributed by atoms with Crippen molar-refractivity contribution in [1.29, 1.82) is 0 Å². The van der Waals surface area contributed by atoms with Gasteiger partial charge in [0.2, 0.25) is 10.9 Å². The highest BCUT2D eigenvalue weighted by molar-refractivity contribution is 7.13. The average Bonchev–Trinajstić information content (AvgIpc) is 3.48. The summed E-state index contributed by atoms with van der Waals surface area (Å²) in [6.45, 7) is 0.741. The summed E-state index contributed by atoms with van der Waals surface area (Å²) in [5.74, 6) is 0.146. The molecule has 0 radical (unpaired) electrons. The molecular formula is C21H25FN4O2S. The maximum absolute atomic E-state index is 13.0. The predicted molar refractivity (Wildman–Crippen MR) is 109 cm³/mol. The Morgan fingerprint density at radius 2 is 1.86 bits per heavy atom. The maximum Gasteiger partial charge on any atom is 0.286 e. The van der Waals surface area contributed by atoms with Gasteiger partial charge in [0.05, 0.1) is 6.04 Å². The Kier molecular flexibility index (Phi) is 6.18. The van der Waals surface area contributed by atoms with Gasteiger partial charge in [-0.3, -0.25) is 9.59 Å². The van der Waals surface area contributed by atoms with E-state index in [1.165, 1.54) is 61.3 Å². The van der Waals surface area contributed by atoms with Crippen molar-refractivity contribution in [3.8, 4) is 0 Å². The molecule has 2 fully saturated rings. The zero-order valence-electron chi connectivity index (χ0n) is 16.3. The van der Waals surface area contributed by atoms with Gasteiger partial charge in [0, 0.05) is 18.7 Å². The molecule has 0 bridgehead atoms. The molecule has 6 nitrogen and oxygen atoms in total. The second-order valence-corrected chi connectivity index (χ2v) is 8.85. The van der Waals surface area contributed by atoms with Gasteiger partial charge in [-0.25, -0.2) is 4.39 Å². The lowest BCUT2D eigenvalue weighted by Gasteiger charge is -2.23. The van der Waals surface area contributed by atoms with E-state index in [0.717, 1.165) is 25.8 Å². The number of likely N-dealkylation sites (tertiary alicyclic amines) is 1. The van der Waals surface area contributed by atoms with Crippen LogP contribution in [0.1, 0.15) is 72.2 Å². The molecule has 1 aliphatic carbocycles. The number of nitrogens with one attached hydrogen (secondary N) is 1. The van der Waals surface area contributed by atoms with Crippen LogP contribution in [0.5, 0.6) is 0 Å². The standard InChI is InChI=1S/C21H25FN4O2S/c22-15-8-10-16(11-9-15)23-19(28)21-25-24-20(29-21)17-6-3-13-26(17)18(27)12-7-14-4-1-2-5-14/h8-11,14,17H,1-7,12-13H2,(H,23,28). The lowest BCUT2D eigenvalue weighted by molar-refractivity contribution is -0.132. The van der Waals surface area contributed by atoms with Crippen molar-refractivity contribution in [3.63, 3.8) is 0 Å². The Morgan fingerprint density at radius 1 is 1.10 bits per heavy atom. The van der Waals surface area contributed by atoms with Crippen molar-refractivity contribution in [2.24, 2.45) is 5.92 Å². The number of rotatable bonds is 6. The minimum Gasteiger partial charge on any atom is -0.333 e. The van der Waals surface area contributed by atoms with Gasteiger partial charge in [-0.2, -0.15) is 0 Å². The van der Waals surface area contributed by atoms with Crippen LogP contribution >= 0.6 is 11.3 Å². The average molecular weight is 417 g/mol. The third-order valence-corrected chi connectivity index (χ3v) is 6.86. The van der Waals surface area contributed by atoms with Crippen LogP contribution in [0.2, 0.25) is 0 Å². The number of hydrogen-bond donors (Lipinski definition) is 1. The Bertz CT molecular complexity index is 864. The molecule has 1 atom stereocenters. The molecule has 1 unspecified atom stereocenters. The Labute approximate surface area is 173 Å². The fourth-order valence-corrected chi connectivity index (χ4v) is 5.16. The second kappa shape index (κ2) is 8.98. The minimum atomic E-state index is -0.377. The summed E-state index contributed by atoms with van der Waals surface area (Å²) in [6.07, 6.45) is 8.44. The van der Waals surface area contributed by atoms with Gasteiger partial charge in [-0.1, -0.05) is 37.0 Å². The molecule has 2 amide bonds. The topological polar surface area (TPSA) is 75.2 Å². The van der Waals surface area contributed by atoms with Crippen molar-refractivity contribution in [1.82, 2.24) is 15.1 Å². The van der Waals surface area contributed by atoms with Gasteiger partial charge in [0.15, 0.2) is 0 Å². The monoisotopic (exact) mass is 416 g/mol. The molecule has 1 aromatic carbocycles. The number of amides is 2. The van der Waals surface area contributed by atoms with Gasteiger partial charge in [-0.15, -0.1) is 10.2 Å². The normalized spacial score (nSPS) is 19.6. The number of hydrogen-bond acceptors (Lipinski definition) is 5. The van der Waals surface area contributed by atoms with Crippen molar-refractivity contribution >= 4 is 28.8 Å². The summed E-state index contributed by atoms with van der Waals surface area (Å²) in [5, 5.41) is 11.9. The zero-order chi connectivity index (χ0) is 20.2. The van der Waals surface area contributed by atoms with Crippen LogP contribution < -0.4 is 5.32 Å². The van der Waals surface area contributed by atoms with E-state index in [0.29, 0.717) is 23.0 Å². The van der Waals surface area contributed by atoms with Crippen molar-refractivity contribution in [3.05, 3.63) is 40.1 Å². The molecule has 2 aromatic rings. The van der Waals surface area contributed by atoms with E-state index < -0.39 is 0 Å². The molecule has 0 spiro atoms. The van der Waals surface area contributed by atoms with Crippen molar-refractivity contribution in [2.45, 2.75) is 57.4 Å². The van der Waals surface area contributed by atoms with E-state index in [9.17, 15) is 14.0 Å². The fraction of sp³-hybridized carbons (Fsp3) is 0.524. The summed E-state index contributed by atoms with van der Waals surface area (Å²) in [7, 11) is 0. The lowest BCUT2D eigenvalue weighted by Crippen LogP contribution is -2.30. The van der Waals surface area contributed by atoms with E-state index in [-0.39, 0.29) is 28.7 Å². The second-order valence-electron chi connectivity index (χ2n) is 7.84.